The number of hydrogen-bond donors (Lipinski definition) is 0. The number of rotatable bonds is 7. The van der Waals surface area contributed by atoms with Crippen molar-refractivity contribution in [1.29, 1.82) is 0 Å². The first-order valence-corrected chi connectivity index (χ1v) is 10.8. The predicted molar refractivity (Wildman–Crippen MR) is 115 cm³/mol. The van der Waals surface area contributed by atoms with Crippen molar-refractivity contribution < 1.29 is 9.26 Å². The highest BCUT2D eigenvalue weighted by Gasteiger charge is 2.21. The third kappa shape index (κ3) is 4.17. The molecule has 29 heavy (non-hydrogen) atoms. The van der Waals surface area contributed by atoms with Crippen molar-refractivity contribution in [3.63, 3.8) is 0 Å². The lowest BCUT2D eigenvalue weighted by atomic mass is 9.89. The Morgan fingerprint density at radius 3 is 2.76 bits per heavy atom. The first-order valence-electron chi connectivity index (χ1n) is 10.8. The van der Waals surface area contributed by atoms with E-state index in [1.807, 2.05) is 12.1 Å². The Balaban J connectivity index is 1.70. The Labute approximate surface area is 172 Å². The second kappa shape index (κ2) is 8.57. The fraction of sp³-hybridized carbons (Fsp3) is 0.565. The summed E-state index contributed by atoms with van der Waals surface area (Å²) in [6, 6.07) is 6.61. The number of benzene rings is 1. The molecule has 0 spiro atoms. The normalized spacial score (nSPS) is 15.7. The molecule has 6 nitrogen and oxygen atoms in total. The summed E-state index contributed by atoms with van der Waals surface area (Å²) in [6.07, 6.45) is 8.84. The average Bonchev–Trinajstić information content (AvgIpc) is 3.33. The summed E-state index contributed by atoms with van der Waals surface area (Å²) in [5.41, 5.74) is 2.14. The number of aromatic nitrogens is 3. The Hall–Kier alpha value is -2.34. The number of ether oxygens (including phenoxy) is 1. The fourth-order valence-corrected chi connectivity index (χ4v) is 4.29. The van der Waals surface area contributed by atoms with Crippen LogP contribution in [-0.4, -0.2) is 39.8 Å². The zero-order valence-electron chi connectivity index (χ0n) is 18.0. The van der Waals surface area contributed by atoms with Crippen molar-refractivity contribution >= 4 is 10.9 Å². The number of hydrogen-bond acceptors (Lipinski definition) is 5. The van der Waals surface area contributed by atoms with Crippen LogP contribution in [0, 0.1) is 5.92 Å². The molecule has 4 rings (SSSR count). The molecule has 1 aliphatic carbocycles. The zero-order valence-corrected chi connectivity index (χ0v) is 18.0. The van der Waals surface area contributed by atoms with E-state index in [1.54, 1.807) is 7.11 Å². The monoisotopic (exact) mass is 396 g/mol. The van der Waals surface area contributed by atoms with E-state index in [-0.39, 0.29) is 0 Å². The molecule has 1 fully saturated rings. The maximum absolute atomic E-state index is 5.70. The van der Waals surface area contributed by atoms with Gasteiger partial charge in [-0.25, -0.2) is 0 Å². The highest BCUT2D eigenvalue weighted by atomic mass is 16.5. The molecule has 0 N–H and O–H groups in total. The molecule has 0 amide bonds. The van der Waals surface area contributed by atoms with E-state index in [4.69, 9.17) is 14.2 Å². The molecule has 1 aliphatic rings. The SMILES string of the molecule is COc1cccc2c(-c3noc(CN(C)C(C)C)n3)cn(CC3CCCCC3)c12. The summed E-state index contributed by atoms with van der Waals surface area (Å²) in [7, 11) is 3.80. The molecule has 0 atom stereocenters. The predicted octanol–water partition coefficient (Wildman–Crippen LogP) is 5.12. The van der Waals surface area contributed by atoms with Crippen LogP contribution in [0.1, 0.15) is 51.8 Å². The van der Waals surface area contributed by atoms with Gasteiger partial charge in [-0.1, -0.05) is 36.6 Å². The van der Waals surface area contributed by atoms with Crippen LogP contribution in [0.2, 0.25) is 0 Å². The third-order valence-electron chi connectivity index (χ3n) is 6.24. The van der Waals surface area contributed by atoms with Crippen molar-refractivity contribution in [2.45, 2.75) is 65.1 Å². The molecular formula is C23H32N4O2. The molecule has 0 bridgehead atoms. The van der Waals surface area contributed by atoms with E-state index in [0.717, 1.165) is 34.7 Å². The summed E-state index contributed by atoms with van der Waals surface area (Å²) < 4.78 is 13.6. The van der Waals surface area contributed by atoms with Crippen molar-refractivity contribution in [2.24, 2.45) is 5.92 Å². The van der Waals surface area contributed by atoms with Gasteiger partial charge in [0.25, 0.3) is 0 Å². The minimum atomic E-state index is 0.423. The van der Waals surface area contributed by atoms with Gasteiger partial charge >= 0.3 is 0 Å². The Morgan fingerprint density at radius 1 is 1.24 bits per heavy atom. The lowest BCUT2D eigenvalue weighted by molar-refractivity contribution is 0.226. The number of nitrogens with zero attached hydrogens (tertiary/aromatic N) is 4. The van der Waals surface area contributed by atoms with E-state index in [1.165, 1.54) is 32.1 Å². The van der Waals surface area contributed by atoms with E-state index >= 15 is 0 Å². The lowest BCUT2D eigenvalue weighted by Gasteiger charge is -2.22. The van der Waals surface area contributed by atoms with Crippen LogP contribution >= 0.6 is 0 Å². The Morgan fingerprint density at radius 2 is 2.03 bits per heavy atom. The molecule has 0 radical (unpaired) electrons. The van der Waals surface area contributed by atoms with E-state index in [0.29, 0.717) is 24.3 Å². The second-order valence-corrected chi connectivity index (χ2v) is 8.58. The Bertz CT molecular complexity index is 953. The molecule has 6 heteroatoms. The van der Waals surface area contributed by atoms with Gasteiger partial charge < -0.3 is 13.8 Å². The quantitative estimate of drug-likeness (QED) is 0.555. The van der Waals surface area contributed by atoms with Gasteiger partial charge in [0, 0.05) is 29.7 Å². The Kier molecular flexibility index (Phi) is 5.90. The van der Waals surface area contributed by atoms with E-state index < -0.39 is 0 Å². The van der Waals surface area contributed by atoms with Gasteiger partial charge in [0.05, 0.1) is 19.2 Å². The highest BCUT2D eigenvalue weighted by Crippen LogP contribution is 2.36. The van der Waals surface area contributed by atoms with Crippen LogP contribution < -0.4 is 4.74 Å². The summed E-state index contributed by atoms with van der Waals surface area (Å²) >= 11 is 0. The minimum Gasteiger partial charge on any atom is -0.495 e. The van der Waals surface area contributed by atoms with Crippen LogP contribution in [0.25, 0.3) is 22.3 Å². The topological polar surface area (TPSA) is 56.3 Å². The molecule has 3 aromatic rings. The van der Waals surface area contributed by atoms with Crippen LogP contribution in [0.15, 0.2) is 28.9 Å². The maximum Gasteiger partial charge on any atom is 0.241 e. The molecule has 1 saturated carbocycles. The van der Waals surface area contributed by atoms with Crippen molar-refractivity contribution in [3.8, 4) is 17.1 Å². The van der Waals surface area contributed by atoms with Gasteiger partial charge in [-0.3, -0.25) is 4.90 Å². The van der Waals surface area contributed by atoms with Gasteiger partial charge in [0.2, 0.25) is 11.7 Å². The lowest BCUT2D eigenvalue weighted by Crippen LogP contribution is -2.25. The van der Waals surface area contributed by atoms with Gasteiger partial charge in [-0.15, -0.1) is 0 Å². The average molecular weight is 397 g/mol. The standard InChI is InChI=1S/C23H32N4O2/c1-16(2)26(3)15-21-24-23(25-29-21)19-14-27(13-17-9-6-5-7-10-17)22-18(19)11-8-12-20(22)28-4/h8,11-12,14,16-17H,5-7,9-10,13,15H2,1-4H3. The molecule has 0 aliphatic heterocycles. The molecule has 1 aromatic carbocycles. The van der Waals surface area contributed by atoms with E-state index in [9.17, 15) is 0 Å². The number of fused-ring (bicyclic) bond motifs is 1. The number of para-hydroxylation sites is 1. The van der Waals surface area contributed by atoms with Crippen molar-refractivity contribution in [1.82, 2.24) is 19.6 Å². The van der Waals surface area contributed by atoms with Crippen molar-refractivity contribution in [2.75, 3.05) is 14.2 Å². The van der Waals surface area contributed by atoms with Gasteiger partial charge in [0.1, 0.15) is 5.75 Å². The minimum absolute atomic E-state index is 0.423. The van der Waals surface area contributed by atoms with Gasteiger partial charge in [-0.05, 0) is 45.7 Å². The van der Waals surface area contributed by atoms with Crippen LogP contribution in [0.5, 0.6) is 5.75 Å². The smallest absolute Gasteiger partial charge is 0.241 e. The first kappa shape index (κ1) is 20.0. The van der Waals surface area contributed by atoms with Crippen molar-refractivity contribution in [3.05, 3.63) is 30.3 Å². The first-order chi connectivity index (χ1) is 14.1. The second-order valence-electron chi connectivity index (χ2n) is 8.58. The molecular weight excluding hydrogens is 364 g/mol. The summed E-state index contributed by atoms with van der Waals surface area (Å²) in [6.45, 7) is 5.97. The molecule has 2 aromatic heterocycles. The maximum atomic E-state index is 5.70. The van der Waals surface area contributed by atoms with E-state index in [2.05, 4.69) is 47.8 Å². The molecule has 2 heterocycles. The molecule has 0 saturated heterocycles. The zero-order chi connectivity index (χ0) is 20.4. The van der Waals surface area contributed by atoms with Crippen LogP contribution in [0.3, 0.4) is 0 Å². The fourth-order valence-electron chi connectivity index (χ4n) is 4.29. The third-order valence-corrected chi connectivity index (χ3v) is 6.24. The highest BCUT2D eigenvalue weighted by molar-refractivity contribution is 5.97. The largest absolute Gasteiger partial charge is 0.495 e. The van der Waals surface area contributed by atoms with Crippen LogP contribution in [0.4, 0.5) is 0 Å². The summed E-state index contributed by atoms with van der Waals surface area (Å²) in [5, 5.41) is 5.41. The molecule has 156 valence electrons. The number of methoxy groups -OCH3 is 1. The van der Waals surface area contributed by atoms with Crippen LogP contribution in [-0.2, 0) is 13.1 Å². The molecule has 0 unspecified atom stereocenters. The van der Waals surface area contributed by atoms with Gasteiger partial charge in [0.15, 0.2) is 0 Å². The summed E-state index contributed by atoms with van der Waals surface area (Å²) in [4.78, 5) is 6.88. The van der Waals surface area contributed by atoms with Gasteiger partial charge in [-0.2, -0.15) is 4.98 Å². The summed E-state index contributed by atoms with van der Waals surface area (Å²) in [5.74, 6) is 2.91.